The molecule has 0 unspecified atom stereocenters. The molecule has 0 aliphatic heterocycles. The van der Waals surface area contributed by atoms with Gasteiger partial charge in [-0.1, -0.05) is 43.3 Å². The third-order valence-electron chi connectivity index (χ3n) is 3.97. The molecule has 6 nitrogen and oxygen atoms in total. The summed E-state index contributed by atoms with van der Waals surface area (Å²) in [4.78, 5) is 28.8. The quantitative estimate of drug-likeness (QED) is 0.517. The maximum atomic E-state index is 12.5. The molecule has 0 bridgehead atoms. The van der Waals surface area contributed by atoms with Crippen molar-refractivity contribution in [3.05, 3.63) is 80.0 Å². The molecule has 0 radical (unpaired) electrons. The maximum absolute atomic E-state index is 12.5. The van der Waals surface area contributed by atoms with Gasteiger partial charge in [0.15, 0.2) is 4.80 Å². The second-order valence-corrected chi connectivity index (χ2v) is 6.72. The van der Waals surface area contributed by atoms with E-state index in [1.807, 2.05) is 41.9 Å². The fourth-order valence-electron chi connectivity index (χ4n) is 2.70. The predicted molar refractivity (Wildman–Crippen MR) is 101 cm³/mol. The summed E-state index contributed by atoms with van der Waals surface area (Å²) in [6, 6.07) is 15.6. The summed E-state index contributed by atoms with van der Waals surface area (Å²) in [5, 5.41) is 10.9. The SMILES string of the molecule is CCc1sc(=NC(=O)c2cccc([N+](=O)[O-])c2)n(C)c1-c1ccccc1. The number of nitro benzene ring substituents is 1. The summed E-state index contributed by atoms with van der Waals surface area (Å²) in [5.41, 5.74) is 2.17. The largest absolute Gasteiger partial charge is 0.319 e. The van der Waals surface area contributed by atoms with Crippen molar-refractivity contribution in [3.8, 4) is 11.3 Å². The summed E-state index contributed by atoms with van der Waals surface area (Å²) in [7, 11) is 1.87. The van der Waals surface area contributed by atoms with Gasteiger partial charge in [0.05, 0.1) is 10.6 Å². The molecule has 1 amide bonds. The molecule has 0 fully saturated rings. The molecule has 132 valence electrons. The van der Waals surface area contributed by atoms with E-state index in [1.165, 1.54) is 35.6 Å². The van der Waals surface area contributed by atoms with Crippen LogP contribution in [-0.4, -0.2) is 15.4 Å². The predicted octanol–water partition coefficient (Wildman–Crippen LogP) is 3.97. The van der Waals surface area contributed by atoms with E-state index in [0.29, 0.717) is 4.80 Å². The number of aromatic nitrogens is 1. The highest BCUT2D eigenvalue weighted by molar-refractivity contribution is 7.09. The molecule has 0 N–H and O–H groups in total. The Bertz CT molecular complexity index is 1040. The summed E-state index contributed by atoms with van der Waals surface area (Å²) in [6.45, 7) is 2.06. The molecule has 1 aromatic heterocycles. The van der Waals surface area contributed by atoms with Crippen molar-refractivity contribution < 1.29 is 9.72 Å². The Morgan fingerprint density at radius 2 is 1.92 bits per heavy atom. The molecule has 0 atom stereocenters. The van der Waals surface area contributed by atoms with E-state index in [1.54, 1.807) is 0 Å². The summed E-state index contributed by atoms with van der Waals surface area (Å²) in [5.74, 6) is -0.493. The molecule has 7 heteroatoms. The van der Waals surface area contributed by atoms with E-state index in [0.717, 1.165) is 22.6 Å². The van der Waals surface area contributed by atoms with Crippen molar-refractivity contribution in [2.45, 2.75) is 13.3 Å². The van der Waals surface area contributed by atoms with Gasteiger partial charge in [0.25, 0.3) is 11.6 Å². The number of hydrogen-bond donors (Lipinski definition) is 0. The first kappa shape index (κ1) is 17.8. The van der Waals surface area contributed by atoms with Crippen LogP contribution in [0.4, 0.5) is 5.69 Å². The number of nitro groups is 1. The average molecular weight is 367 g/mol. The highest BCUT2D eigenvalue weighted by Crippen LogP contribution is 2.25. The van der Waals surface area contributed by atoms with Crippen LogP contribution in [-0.2, 0) is 13.5 Å². The lowest BCUT2D eigenvalue weighted by Crippen LogP contribution is -2.14. The highest BCUT2D eigenvalue weighted by Gasteiger charge is 2.14. The summed E-state index contributed by atoms with van der Waals surface area (Å²) >= 11 is 1.46. The molecule has 26 heavy (non-hydrogen) atoms. The lowest BCUT2D eigenvalue weighted by Gasteiger charge is -2.05. The van der Waals surface area contributed by atoms with Crippen molar-refractivity contribution in [1.82, 2.24) is 4.57 Å². The van der Waals surface area contributed by atoms with E-state index in [9.17, 15) is 14.9 Å². The minimum Gasteiger partial charge on any atom is -0.319 e. The molecule has 0 aliphatic carbocycles. The Morgan fingerprint density at radius 3 is 2.58 bits per heavy atom. The smallest absolute Gasteiger partial charge is 0.279 e. The van der Waals surface area contributed by atoms with Crippen molar-refractivity contribution in [2.75, 3.05) is 0 Å². The van der Waals surface area contributed by atoms with E-state index in [2.05, 4.69) is 11.9 Å². The number of carbonyl (C=O) groups is 1. The van der Waals surface area contributed by atoms with Crippen molar-refractivity contribution in [2.24, 2.45) is 12.0 Å². The molecule has 3 aromatic rings. The number of rotatable bonds is 4. The minimum absolute atomic E-state index is 0.124. The van der Waals surface area contributed by atoms with E-state index >= 15 is 0 Å². The van der Waals surface area contributed by atoms with Crippen LogP contribution in [0.5, 0.6) is 0 Å². The van der Waals surface area contributed by atoms with Crippen LogP contribution in [0.1, 0.15) is 22.2 Å². The number of carbonyl (C=O) groups excluding carboxylic acids is 1. The van der Waals surface area contributed by atoms with Gasteiger partial charge in [-0.2, -0.15) is 4.99 Å². The zero-order chi connectivity index (χ0) is 18.7. The Kier molecular flexibility index (Phi) is 5.09. The number of non-ortho nitro benzene ring substituents is 1. The first-order valence-corrected chi connectivity index (χ1v) is 8.90. The summed E-state index contributed by atoms with van der Waals surface area (Å²) in [6.07, 6.45) is 0.823. The average Bonchev–Trinajstić information content (AvgIpc) is 2.98. The van der Waals surface area contributed by atoms with Crippen LogP contribution in [0.25, 0.3) is 11.3 Å². The van der Waals surface area contributed by atoms with E-state index < -0.39 is 10.8 Å². The maximum Gasteiger partial charge on any atom is 0.279 e. The Morgan fingerprint density at radius 1 is 1.19 bits per heavy atom. The summed E-state index contributed by atoms with van der Waals surface area (Å²) < 4.78 is 1.90. The van der Waals surface area contributed by atoms with Gasteiger partial charge in [-0.05, 0) is 18.1 Å². The van der Waals surface area contributed by atoms with Crippen LogP contribution in [0.3, 0.4) is 0 Å². The Labute approximate surface area is 154 Å². The number of nitrogens with zero attached hydrogens (tertiary/aromatic N) is 3. The molecule has 1 heterocycles. The zero-order valence-corrected chi connectivity index (χ0v) is 15.2. The van der Waals surface area contributed by atoms with Crippen molar-refractivity contribution in [3.63, 3.8) is 0 Å². The van der Waals surface area contributed by atoms with Gasteiger partial charge in [0, 0.05) is 29.6 Å². The fraction of sp³-hybridized carbons (Fsp3) is 0.158. The van der Waals surface area contributed by atoms with Crippen LogP contribution in [0.15, 0.2) is 59.6 Å². The molecule has 0 aliphatic rings. The normalized spacial score (nSPS) is 11.5. The van der Waals surface area contributed by atoms with Crippen LogP contribution < -0.4 is 4.80 Å². The second-order valence-electron chi connectivity index (χ2n) is 5.66. The molecule has 0 saturated carbocycles. The van der Waals surface area contributed by atoms with Gasteiger partial charge in [0.1, 0.15) is 0 Å². The number of aryl methyl sites for hydroxylation is 1. The second kappa shape index (κ2) is 7.45. The highest BCUT2D eigenvalue weighted by atomic mass is 32.1. The molecular formula is C19H17N3O3S. The first-order chi connectivity index (χ1) is 12.5. The molecule has 0 spiro atoms. The number of hydrogen-bond acceptors (Lipinski definition) is 4. The zero-order valence-electron chi connectivity index (χ0n) is 14.4. The van der Waals surface area contributed by atoms with Gasteiger partial charge in [0.2, 0.25) is 0 Å². The lowest BCUT2D eigenvalue weighted by molar-refractivity contribution is -0.384. The number of thiazole rings is 1. The minimum atomic E-state index is -0.523. The van der Waals surface area contributed by atoms with E-state index in [-0.39, 0.29) is 11.3 Å². The molecule has 3 rings (SSSR count). The Balaban J connectivity index is 2.07. The molecule has 0 saturated heterocycles. The van der Waals surface area contributed by atoms with Gasteiger partial charge in [-0.3, -0.25) is 14.9 Å². The van der Waals surface area contributed by atoms with E-state index in [4.69, 9.17) is 0 Å². The number of amides is 1. The van der Waals surface area contributed by atoms with Crippen LogP contribution in [0, 0.1) is 10.1 Å². The van der Waals surface area contributed by atoms with Gasteiger partial charge in [-0.15, -0.1) is 11.3 Å². The van der Waals surface area contributed by atoms with Crippen LogP contribution in [0.2, 0.25) is 0 Å². The van der Waals surface area contributed by atoms with Crippen LogP contribution >= 0.6 is 11.3 Å². The topological polar surface area (TPSA) is 77.5 Å². The van der Waals surface area contributed by atoms with Crippen molar-refractivity contribution >= 4 is 22.9 Å². The lowest BCUT2D eigenvalue weighted by atomic mass is 10.1. The van der Waals surface area contributed by atoms with Crippen molar-refractivity contribution in [1.29, 1.82) is 0 Å². The number of benzene rings is 2. The standard InChI is InChI=1S/C19H17N3O3S/c1-3-16-17(13-8-5-4-6-9-13)21(2)19(26-16)20-18(23)14-10-7-11-15(12-14)22(24)25/h4-12H,3H2,1-2H3. The Hall–Kier alpha value is -3.06. The third-order valence-corrected chi connectivity index (χ3v) is 5.25. The monoisotopic (exact) mass is 367 g/mol. The first-order valence-electron chi connectivity index (χ1n) is 8.09. The van der Waals surface area contributed by atoms with Gasteiger partial charge < -0.3 is 4.57 Å². The van der Waals surface area contributed by atoms with Gasteiger partial charge >= 0.3 is 0 Å². The third kappa shape index (κ3) is 3.48. The molecule has 2 aromatic carbocycles. The fourth-order valence-corrected chi connectivity index (χ4v) is 3.77. The van der Waals surface area contributed by atoms with Gasteiger partial charge in [-0.25, -0.2) is 0 Å². The molecular weight excluding hydrogens is 350 g/mol.